The molecule has 0 aliphatic carbocycles. The fourth-order valence-electron chi connectivity index (χ4n) is 3.59. The number of thiophene rings is 1. The minimum Gasteiger partial charge on any atom is -0.349 e. The van der Waals surface area contributed by atoms with E-state index in [1.807, 2.05) is 5.38 Å². The summed E-state index contributed by atoms with van der Waals surface area (Å²) in [6.45, 7) is 0.932. The normalized spacial score (nSPS) is 14.7. The summed E-state index contributed by atoms with van der Waals surface area (Å²) < 4.78 is 29.0. The monoisotopic (exact) mass is 430 g/mol. The first-order valence-electron chi connectivity index (χ1n) is 9.54. The van der Waals surface area contributed by atoms with Gasteiger partial charge in [-0.05, 0) is 36.4 Å². The second kappa shape index (κ2) is 8.35. The van der Waals surface area contributed by atoms with E-state index < -0.39 is 11.6 Å². The molecule has 0 unspecified atom stereocenters. The second-order valence-electron chi connectivity index (χ2n) is 7.24. The molecule has 1 fully saturated rings. The van der Waals surface area contributed by atoms with Crippen LogP contribution in [0.15, 0.2) is 41.2 Å². The molecular weight excluding hydrogens is 410 g/mol. The smallest absolute Gasteiger partial charge is 0.257 e. The first kappa shape index (κ1) is 20.2. The van der Waals surface area contributed by atoms with Crippen LogP contribution in [0.5, 0.6) is 0 Å². The summed E-state index contributed by atoms with van der Waals surface area (Å²) in [5, 5.41) is 10.9. The molecule has 0 atom stereocenters. The third kappa shape index (κ3) is 4.11. The van der Waals surface area contributed by atoms with E-state index in [0.717, 1.165) is 12.1 Å². The number of carbonyl (C=O) groups excluding carboxylic acids is 2. The Kier molecular flexibility index (Phi) is 5.63. The summed E-state index contributed by atoms with van der Waals surface area (Å²) in [6, 6.07) is 4.97. The van der Waals surface area contributed by atoms with Gasteiger partial charge in [-0.2, -0.15) is 16.4 Å². The van der Waals surface area contributed by atoms with Crippen molar-refractivity contribution < 1.29 is 18.4 Å². The molecule has 4 rings (SSSR count). The molecule has 156 valence electrons. The maximum absolute atomic E-state index is 14.3. The third-order valence-electron chi connectivity index (χ3n) is 5.15. The van der Waals surface area contributed by atoms with Crippen LogP contribution in [0.3, 0.4) is 0 Å². The fraction of sp³-hybridized carbons (Fsp3) is 0.286. The number of aromatic nitrogens is 2. The quantitative estimate of drug-likeness (QED) is 0.689. The molecule has 0 radical (unpaired) electrons. The maximum Gasteiger partial charge on any atom is 0.257 e. The summed E-state index contributed by atoms with van der Waals surface area (Å²) in [6.07, 6.45) is 2.80. The predicted molar refractivity (Wildman–Crippen MR) is 109 cm³/mol. The van der Waals surface area contributed by atoms with Gasteiger partial charge in [-0.3, -0.25) is 14.3 Å². The molecule has 3 heterocycles. The number of amides is 2. The fourth-order valence-corrected chi connectivity index (χ4v) is 4.22. The highest BCUT2D eigenvalue weighted by Gasteiger charge is 2.28. The molecule has 3 aromatic rings. The number of aryl methyl sites for hydroxylation is 1. The Hall–Kier alpha value is -3.07. The number of nitrogens with zero attached hydrogens (tertiary/aromatic N) is 3. The Morgan fingerprint density at radius 1 is 1.20 bits per heavy atom. The molecule has 0 spiro atoms. The van der Waals surface area contributed by atoms with E-state index in [4.69, 9.17) is 0 Å². The van der Waals surface area contributed by atoms with E-state index in [1.165, 1.54) is 22.1 Å². The lowest BCUT2D eigenvalue weighted by Crippen LogP contribution is -2.46. The van der Waals surface area contributed by atoms with Crippen molar-refractivity contribution >= 4 is 23.2 Å². The van der Waals surface area contributed by atoms with Crippen LogP contribution in [0.25, 0.3) is 11.3 Å². The molecule has 1 aromatic carbocycles. The van der Waals surface area contributed by atoms with Crippen molar-refractivity contribution in [2.75, 3.05) is 13.1 Å². The standard InChI is InChI=1S/C21H20F2N4O2S/c1-26-11-17(19(25-26)16-3-2-14(22)10-18(16)23)21(29)27-7-4-15(5-8-27)24-20(28)13-6-9-30-12-13/h2-3,6,9-12,15H,4-5,7-8H2,1H3,(H,24,28). The molecule has 2 aromatic heterocycles. The average Bonchev–Trinajstić information content (AvgIpc) is 3.38. The van der Waals surface area contributed by atoms with E-state index in [-0.39, 0.29) is 34.7 Å². The van der Waals surface area contributed by atoms with E-state index >= 15 is 0 Å². The van der Waals surface area contributed by atoms with Crippen molar-refractivity contribution in [3.63, 3.8) is 0 Å². The van der Waals surface area contributed by atoms with E-state index in [0.29, 0.717) is 31.5 Å². The first-order chi connectivity index (χ1) is 14.4. The van der Waals surface area contributed by atoms with Gasteiger partial charge < -0.3 is 10.2 Å². The maximum atomic E-state index is 14.3. The van der Waals surface area contributed by atoms with Gasteiger partial charge in [0, 0.05) is 54.9 Å². The van der Waals surface area contributed by atoms with E-state index in [9.17, 15) is 18.4 Å². The first-order valence-corrected chi connectivity index (χ1v) is 10.5. The van der Waals surface area contributed by atoms with Gasteiger partial charge in [0.15, 0.2) is 0 Å². The highest BCUT2D eigenvalue weighted by molar-refractivity contribution is 7.08. The van der Waals surface area contributed by atoms with Crippen LogP contribution >= 0.6 is 11.3 Å². The van der Waals surface area contributed by atoms with Crippen LogP contribution in [0.1, 0.15) is 33.6 Å². The Labute approximate surface area is 176 Å². The molecule has 2 amide bonds. The van der Waals surface area contributed by atoms with Crippen LogP contribution in [0, 0.1) is 11.6 Å². The number of carbonyl (C=O) groups is 2. The number of likely N-dealkylation sites (tertiary alicyclic amines) is 1. The third-order valence-corrected chi connectivity index (χ3v) is 5.83. The van der Waals surface area contributed by atoms with Gasteiger partial charge in [-0.1, -0.05) is 0 Å². The highest BCUT2D eigenvalue weighted by atomic mass is 32.1. The van der Waals surface area contributed by atoms with Crippen molar-refractivity contribution in [3.8, 4) is 11.3 Å². The lowest BCUT2D eigenvalue weighted by Gasteiger charge is -2.32. The van der Waals surface area contributed by atoms with Crippen LogP contribution in [0.4, 0.5) is 8.78 Å². The van der Waals surface area contributed by atoms with Crippen molar-refractivity contribution in [1.82, 2.24) is 20.0 Å². The number of hydrogen-bond acceptors (Lipinski definition) is 4. The largest absolute Gasteiger partial charge is 0.349 e. The van der Waals surface area contributed by atoms with E-state index in [1.54, 1.807) is 29.6 Å². The number of hydrogen-bond donors (Lipinski definition) is 1. The molecule has 0 bridgehead atoms. The van der Waals surface area contributed by atoms with Crippen LogP contribution < -0.4 is 5.32 Å². The lowest BCUT2D eigenvalue weighted by molar-refractivity contribution is 0.0698. The zero-order valence-corrected chi connectivity index (χ0v) is 17.1. The summed E-state index contributed by atoms with van der Waals surface area (Å²) in [5.41, 5.74) is 1.18. The SMILES string of the molecule is Cn1cc(C(=O)N2CCC(NC(=O)c3ccsc3)CC2)c(-c2ccc(F)cc2F)n1. The predicted octanol–water partition coefficient (Wildman–Crippen LogP) is 3.46. The molecule has 30 heavy (non-hydrogen) atoms. The summed E-state index contributed by atoms with van der Waals surface area (Å²) >= 11 is 1.47. The molecule has 9 heteroatoms. The Morgan fingerprint density at radius 3 is 2.63 bits per heavy atom. The van der Waals surface area contributed by atoms with Crippen molar-refractivity contribution in [2.45, 2.75) is 18.9 Å². The lowest BCUT2D eigenvalue weighted by atomic mass is 10.0. The number of halogens is 2. The van der Waals surface area contributed by atoms with Crippen LogP contribution in [-0.2, 0) is 7.05 Å². The van der Waals surface area contributed by atoms with Gasteiger partial charge in [0.2, 0.25) is 0 Å². The van der Waals surface area contributed by atoms with Crippen LogP contribution in [-0.4, -0.2) is 45.6 Å². The van der Waals surface area contributed by atoms with Gasteiger partial charge >= 0.3 is 0 Å². The van der Waals surface area contributed by atoms with Gasteiger partial charge in [0.1, 0.15) is 17.3 Å². The van der Waals surface area contributed by atoms with Crippen molar-refractivity contribution in [2.24, 2.45) is 7.05 Å². The second-order valence-corrected chi connectivity index (χ2v) is 8.02. The minimum absolute atomic E-state index is 0.00985. The van der Waals surface area contributed by atoms with Crippen LogP contribution in [0.2, 0.25) is 0 Å². The summed E-state index contributed by atoms with van der Waals surface area (Å²) in [4.78, 5) is 27.0. The van der Waals surface area contributed by atoms with Gasteiger partial charge in [-0.15, -0.1) is 0 Å². The topological polar surface area (TPSA) is 67.2 Å². The Bertz CT molecular complexity index is 1070. The summed E-state index contributed by atoms with van der Waals surface area (Å²) in [5.74, 6) is -1.82. The summed E-state index contributed by atoms with van der Waals surface area (Å²) in [7, 11) is 1.65. The number of piperidine rings is 1. The molecule has 1 aliphatic heterocycles. The number of nitrogens with one attached hydrogen (secondary N) is 1. The van der Waals surface area contributed by atoms with Crippen molar-refractivity contribution in [1.29, 1.82) is 0 Å². The Balaban J connectivity index is 1.45. The number of benzene rings is 1. The van der Waals surface area contributed by atoms with Gasteiger partial charge in [-0.25, -0.2) is 8.78 Å². The van der Waals surface area contributed by atoms with E-state index in [2.05, 4.69) is 10.4 Å². The zero-order valence-electron chi connectivity index (χ0n) is 16.3. The zero-order chi connectivity index (χ0) is 21.3. The van der Waals surface area contributed by atoms with Gasteiger partial charge in [0.25, 0.3) is 11.8 Å². The minimum atomic E-state index is -0.766. The molecule has 1 saturated heterocycles. The molecule has 1 aliphatic rings. The molecule has 6 nitrogen and oxygen atoms in total. The number of rotatable bonds is 4. The highest BCUT2D eigenvalue weighted by Crippen LogP contribution is 2.27. The average molecular weight is 430 g/mol. The van der Waals surface area contributed by atoms with Crippen molar-refractivity contribution in [3.05, 3.63) is 64.0 Å². The molecular formula is C21H20F2N4O2S. The molecule has 0 saturated carbocycles. The van der Waals surface area contributed by atoms with Gasteiger partial charge in [0.05, 0.1) is 5.56 Å². The molecule has 1 N–H and O–H groups in total. The Morgan fingerprint density at radius 2 is 1.97 bits per heavy atom.